The lowest BCUT2D eigenvalue weighted by atomic mass is 10.1. The first-order chi connectivity index (χ1) is 9.25. The van der Waals surface area contributed by atoms with Gasteiger partial charge in [0.1, 0.15) is 5.82 Å². The summed E-state index contributed by atoms with van der Waals surface area (Å²) in [4.78, 5) is 11.6. The Morgan fingerprint density at radius 3 is 2.84 bits per heavy atom. The quantitative estimate of drug-likeness (QED) is 0.856. The number of rotatable bonds is 5. The maximum Gasteiger partial charge on any atom is 0.226 e. The molecule has 1 aliphatic rings. The summed E-state index contributed by atoms with van der Waals surface area (Å²) in [5, 5.41) is 5.79. The molecule has 0 spiro atoms. The third-order valence-corrected chi connectivity index (χ3v) is 3.12. The Morgan fingerprint density at radius 2 is 2.11 bits per heavy atom. The molecule has 0 bridgehead atoms. The zero-order valence-electron chi connectivity index (χ0n) is 10.8. The number of benzene rings is 1. The molecule has 1 aromatic carbocycles. The van der Waals surface area contributed by atoms with Crippen LogP contribution in [0.4, 0.5) is 10.1 Å². The minimum Gasteiger partial charge on any atom is -0.378 e. The monoisotopic (exact) mass is 266 g/mol. The number of nitrogens with one attached hydrogen (secondary N) is 2. The SMILES string of the molecule is O=C(CCOC1CCNCC1)Nc1ccccc1F. The van der Waals surface area contributed by atoms with E-state index in [1.807, 2.05) is 0 Å². The van der Waals surface area contributed by atoms with Crippen molar-refractivity contribution in [2.24, 2.45) is 0 Å². The van der Waals surface area contributed by atoms with Gasteiger partial charge < -0.3 is 15.4 Å². The highest BCUT2D eigenvalue weighted by Gasteiger charge is 2.14. The molecular weight excluding hydrogens is 247 g/mol. The first-order valence-electron chi connectivity index (χ1n) is 6.62. The van der Waals surface area contributed by atoms with Gasteiger partial charge in [-0.15, -0.1) is 0 Å². The summed E-state index contributed by atoms with van der Waals surface area (Å²) in [6, 6.07) is 6.14. The van der Waals surface area contributed by atoms with E-state index in [1.165, 1.54) is 6.07 Å². The second kappa shape index (κ2) is 7.21. The van der Waals surface area contributed by atoms with Gasteiger partial charge in [-0.25, -0.2) is 4.39 Å². The van der Waals surface area contributed by atoms with Crippen molar-refractivity contribution < 1.29 is 13.9 Å². The van der Waals surface area contributed by atoms with Crippen LogP contribution in [0.25, 0.3) is 0 Å². The molecule has 1 amide bonds. The molecule has 1 heterocycles. The van der Waals surface area contributed by atoms with Crippen LogP contribution in [-0.2, 0) is 9.53 Å². The van der Waals surface area contributed by atoms with E-state index in [-0.39, 0.29) is 24.1 Å². The summed E-state index contributed by atoms with van der Waals surface area (Å²) in [6.45, 7) is 2.31. The van der Waals surface area contributed by atoms with Gasteiger partial charge >= 0.3 is 0 Å². The highest BCUT2D eigenvalue weighted by atomic mass is 19.1. The average molecular weight is 266 g/mol. The van der Waals surface area contributed by atoms with E-state index in [4.69, 9.17) is 4.74 Å². The summed E-state index contributed by atoms with van der Waals surface area (Å²) in [5.41, 5.74) is 0.217. The lowest BCUT2D eigenvalue weighted by Gasteiger charge is -2.22. The van der Waals surface area contributed by atoms with Crippen LogP contribution in [0.15, 0.2) is 24.3 Å². The normalized spacial score (nSPS) is 16.3. The number of hydrogen-bond acceptors (Lipinski definition) is 3. The molecule has 5 heteroatoms. The van der Waals surface area contributed by atoms with Gasteiger partial charge in [-0.2, -0.15) is 0 Å². The second-order valence-electron chi connectivity index (χ2n) is 4.60. The third kappa shape index (κ3) is 4.61. The van der Waals surface area contributed by atoms with Gasteiger partial charge in [-0.1, -0.05) is 12.1 Å². The number of ether oxygens (including phenoxy) is 1. The number of piperidine rings is 1. The molecule has 0 atom stereocenters. The van der Waals surface area contributed by atoms with Crippen LogP contribution in [0.5, 0.6) is 0 Å². The number of hydrogen-bond donors (Lipinski definition) is 2. The largest absolute Gasteiger partial charge is 0.378 e. The molecular formula is C14H19FN2O2. The zero-order valence-corrected chi connectivity index (χ0v) is 10.8. The van der Waals surface area contributed by atoms with E-state index >= 15 is 0 Å². The fraction of sp³-hybridized carbons (Fsp3) is 0.500. The van der Waals surface area contributed by atoms with E-state index in [1.54, 1.807) is 18.2 Å². The van der Waals surface area contributed by atoms with Crippen molar-refractivity contribution in [2.45, 2.75) is 25.4 Å². The summed E-state index contributed by atoms with van der Waals surface area (Å²) in [6.07, 6.45) is 2.45. The van der Waals surface area contributed by atoms with E-state index in [0.29, 0.717) is 6.61 Å². The highest BCUT2D eigenvalue weighted by Crippen LogP contribution is 2.13. The maximum atomic E-state index is 13.3. The minimum absolute atomic E-state index is 0.217. The molecule has 0 unspecified atom stereocenters. The van der Waals surface area contributed by atoms with Gasteiger partial charge in [0, 0.05) is 0 Å². The fourth-order valence-electron chi connectivity index (χ4n) is 2.06. The van der Waals surface area contributed by atoms with Crippen LogP contribution >= 0.6 is 0 Å². The van der Waals surface area contributed by atoms with Crippen molar-refractivity contribution in [1.82, 2.24) is 5.32 Å². The Kier molecular flexibility index (Phi) is 5.30. The predicted octanol–water partition coefficient (Wildman–Crippen LogP) is 1.92. The number of carbonyl (C=O) groups is 1. The second-order valence-corrected chi connectivity index (χ2v) is 4.60. The Balaban J connectivity index is 1.68. The van der Waals surface area contributed by atoms with Crippen molar-refractivity contribution >= 4 is 11.6 Å². The van der Waals surface area contributed by atoms with Gasteiger partial charge in [-0.3, -0.25) is 4.79 Å². The molecule has 0 aliphatic carbocycles. The summed E-state index contributed by atoms with van der Waals surface area (Å²) < 4.78 is 18.9. The number of para-hydroxylation sites is 1. The van der Waals surface area contributed by atoms with Crippen LogP contribution in [0.2, 0.25) is 0 Å². The molecule has 1 aromatic rings. The molecule has 4 nitrogen and oxygen atoms in total. The lowest BCUT2D eigenvalue weighted by molar-refractivity contribution is -0.117. The highest BCUT2D eigenvalue weighted by molar-refractivity contribution is 5.90. The molecule has 0 saturated carbocycles. The van der Waals surface area contributed by atoms with Crippen molar-refractivity contribution in [3.8, 4) is 0 Å². The van der Waals surface area contributed by atoms with Crippen LogP contribution < -0.4 is 10.6 Å². The van der Waals surface area contributed by atoms with Crippen LogP contribution in [0.1, 0.15) is 19.3 Å². The molecule has 1 saturated heterocycles. The summed E-state index contributed by atoms with van der Waals surface area (Å²) >= 11 is 0. The number of anilines is 1. The molecule has 1 aliphatic heterocycles. The fourth-order valence-corrected chi connectivity index (χ4v) is 2.06. The van der Waals surface area contributed by atoms with Gasteiger partial charge in [0.2, 0.25) is 5.91 Å². The summed E-state index contributed by atoms with van der Waals surface area (Å²) in [7, 11) is 0. The maximum absolute atomic E-state index is 13.3. The topological polar surface area (TPSA) is 50.4 Å². The standard InChI is InChI=1S/C14H19FN2O2/c15-12-3-1-2-4-13(12)17-14(18)7-10-19-11-5-8-16-9-6-11/h1-4,11,16H,5-10H2,(H,17,18). The number of halogens is 1. The molecule has 1 fully saturated rings. The molecule has 2 N–H and O–H groups in total. The smallest absolute Gasteiger partial charge is 0.226 e. The number of amides is 1. The Bertz CT molecular complexity index is 420. The predicted molar refractivity (Wildman–Crippen MR) is 71.5 cm³/mol. The van der Waals surface area contributed by atoms with Gasteiger partial charge in [0.05, 0.1) is 24.8 Å². The van der Waals surface area contributed by atoms with Gasteiger partial charge in [-0.05, 0) is 38.1 Å². The van der Waals surface area contributed by atoms with Crippen molar-refractivity contribution in [2.75, 3.05) is 25.0 Å². The molecule has 0 aromatic heterocycles. The van der Waals surface area contributed by atoms with Crippen molar-refractivity contribution in [1.29, 1.82) is 0 Å². The van der Waals surface area contributed by atoms with Crippen LogP contribution in [-0.4, -0.2) is 31.7 Å². The number of carbonyl (C=O) groups excluding carboxylic acids is 1. The van der Waals surface area contributed by atoms with E-state index in [9.17, 15) is 9.18 Å². The van der Waals surface area contributed by atoms with E-state index in [0.717, 1.165) is 25.9 Å². The van der Waals surface area contributed by atoms with Crippen molar-refractivity contribution in [3.05, 3.63) is 30.1 Å². The van der Waals surface area contributed by atoms with E-state index < -0.39 is 5.82 Å². The molecule has 2 rings (SSSR count). The molecule has 104 valence electrons. The third-order valence-electron chi connectivity index (χ3n) is 3.12. The van der Waals surface area contributed by atoms with Crippen LogP contribution in [0.3, 0.4) is 0 Å². The molecule has 19 heavy (non-hydrogen) atoms. The van der Waals surface area contributed by atoms with E-state index in [2.05, 4.69) is 10.6 Å². The first kappa shape index (κ1) is 14.0. The zero-order chi connectivity index (χ0) is 13.5. The average Bonchev–Trinajstić information content (AvgIpc) is 2.43. The Labute approximate surface area is 112 Å². The van der Waals surface area contributed by atoms with Gasteiger partial charge in [0.25, 0.3) is 0 Å². The molecule has 0 radical (unpaired) electrons. The lowest BCUT2D eigenvalue weighted by Crippen LogP contribution is -2.33. The first-order valence-corrected chi connectivity index (χ1v) is 6.62. The Morgan fingerprint density at radius 1 is 1.37 bits per heavy atom. The van der Waals surface area contributed by atoms with Gasteiger partial charge in [0.15, 0.2) is 0 Å². The van der Waals surface area contributed by atoms with Crippen LogP contribution in [0, 0.1) is 5.82 Å². The Hall–Kier alpha value is -1.46. The van der Waals surface area contributed by atoms with Crippen molar-refractivity contribution in [3.63, 3.8) is 0 Å². The summed E-state index contributed by atoms with van der Waals surface area (Å²) in [5.74, 6) is -0.644. The minimum atomic E-state index is -0.421.